The lowest BCUT2D eigenvalue weighted by Gasteiger charge is -2.08. The molecule has 2 aromatic heterocycles. The molecule has 3 aromatic rings. The molecule has 0 atom stereocenters. The zero-order valence-electron chi connectivity index (χ0n) is 12.8. The van der Waals surface area contributed by atoms with Gasteiger partial charge < -0.3 is 5.32 Å². The van der Waals surface area contributed by atoms with Gasteiger partial charge in [0.25, 0.3) is 11.6 Å². The third-order valence-electron chi connectivity index (χ3n) is 3.51. The van der Waals surface area contributed by atoms with Gasteiger partial charge in [0, 0.05) is 28.1 Å². The molecule has 0 unspecified atom stereocenters. The minimum Gasteiger partial charge on any atom is -0.307 e. The Bertz CT molecular complexity index is 887. The maximum absolute atomic E-state index is 12.4. The van der Waals surface area contributed by atoms with Crippen LogP contribution in [0.4, 0.5) is 11.5 Å². The van der Waals surface area contributed by atoms with Crippen LogP contribution >= 0.6 is 11.3 Å². The maximum Gasteiger partial charge on any atom is 0.273 e. The normalized spacial score (nSPS) is 10.5. The highest BCUT2D eigenvalue weighted by atomic mass is 32.1. The second-order valence-corrected chi connectivity index (χ2v) is 6.20. The van der Waals surface area contributed by atoms with E-state index in [4.69, 9.17) is 0 Å². The Morgan fingerprint density at radius 1 is 1.38 bits per heavy atom. The van der Waals surface area contributed by atoms with Crippen molar-refractivity contribution in [1.82, 2.24) is 9.78 Å². The minimum atomic E-state index is -0.493. The number of aryl methyl sites for hydroxylation is 1. The van der Waals surface area contributed by atoms with Gasteiger partial charge in [0.05, 0.1) is 17.7 Å². The summed E-state index contributed by atoms with van der Waals surface area (Å²) < 4.78 is 1.67. The third kappa shape index (κ3) is 3.33. The highest BCUT2D eigenvalue weighted by molar-refractivity contribution is 7.09. The van der Waals surface area contributed by atoms with E-state index in [0.717, 1.165) is 4.88 Å². The number of benzene rings is 1. The summed E-state index contributed by atoms with van der Waals surface area (Å²) in [7, 11) is 0. The summed E-state index contributed by atoms with van der Waals surface area (Å²) >= 11 is 1.60. The summed E-state index contributed by atoms with van der Waals surface area (Å²) in [6.45, 7) is 2.18. The molecule has 0 spiro atoms. The average molecular weight is 342 g/mol. The number of carbonyl (C=O) groups excluding carboxylic acids is 1. The van der Waals surface area contributed by atoms with Crippen LogP contribution in [0.3, 0.4) is 0 Å². The second kappa shape index (κ2) is 6.63. The topological polar surface area (TPSA) is 90.1 Å². The van der Waals surface area contributed by atoms with Crippen LogP contribution in [0.1, 0.15) is 20.8 Å². The van der Waals surface area contributed by atoms with E-state index in [1.807, 2.05) is 17.5 Å². The SMILES string of the molecule is Cc1ccc(C(=O)Nc2ccnn2Cc2cccs2)cc1[N+](=O)[O-]. The van der Waals surface area contributed by atoms with Crippen molar-refractivity contribution in [1.29, 1.82) is 0 Å². The van der Waals surface area contributed by atoms with Crippen LogP contribution in [0, 0.1) is 17.0 Å². The minimum absolute atomic E-state index is 0.0743. The van der Waals surface area contributed by atoms with Crippen LogP contribution in [-0.4, -0.2) is 20.6 Å². The number of amides is 1. The number of nitrogens with one attached hydrogen (secondary N) is 1. The molecule has 3 rings (SSSR count). The summed E-state index contributed by atoms with van der Waals surface area (Å²) in [5, 5.41) is 19.9. The number of nitro groups is 1. The summed E-state index contributed by atoms with van der Waals surface area (Å²) in [6, 6.07) is 10.0. The van der Waals surface area contributed by atoms with E-state index in [1.54, 1.807) is 47.3 Å². The van der Waals surface area contributed by atoms with Crippen LogP contribution < -0.4 is 5.32 Å². The van der Waals surface area contributed by atoms with Gasteiger partial charge in [-0.1, -0.05) is 12.1 Å². The number of rotatable bonds is 5. The van der Waals surface area contributed by atoms with Crippen molar-refractivity contribution in [2.45, 2.75) is 13.5 Å². The smallest absolute Gasteiger partial charge is 0.273 e. The molecule has 0 aliphatic carbocycles. The largest absolute Gasteiger partial charge is 0.307 e. The first kappa shape index (κ1) is 15.9. The molecule has 0 saturated heterocycles. The molecule has 0 fully saturated rings. The number of hydrogen-bond donors (Lipinski definition) is 1. The van der Waals surface area contributed by atoms with Gasteiger partial charge in [0.2, 0.25) is 0 Å². The molecule has 0 radical (unpaired) electrons. The summed E-state index contributed by atoms with van der Waals surface area (Å²) in [5.41, 5.74) is 0.671. The zero-order chi connectivity index (χ0) is 17.1. The van der Waals surface area contributed by atoms with Gasteiger partial charge in [-0.25, -0.2) is 4.68 Å². The Balaban J connectivity index is 1.80. The summed E-state index contributed by atoms with van der Waals surface area (Å²) in [5.74, 6) is 0.127. The van der Waals surface area contributed by atoms with Gasteiger partial charge in [-0.2, -0.15) is 5.10 Å². The quantitative estimate of drug-likeness (QED) is 0.568. The summed E-state index contributed by atoms with van der Waals surface area (Å²) in [6.07, 6.45) is 1.60. The molecular formula is C16H14N4O3S. The molecule has 7 nitrogen and oxygen atoms in total. The molecule has 1 aromatic carbocycles. The Morgan fingerprint density at radius 3 is 2.92 bits per heavy atom. The fourth-order valence-corrected chi connectivity index (χ4v) is 2.94. The van der Waals surface area contributed by atoms with E-state index in [-0.39, 0.29) is 11.3 Å². The molecule has 0 bridgehead atoms. The van der Waals surface area contributed by atoms with Gasteiger partial charge in [0.15, 0.2) is 0 Å². The number of nitrogens with zero attached hydrogens (tertiary/aromatic N) is 3. The van der Waals surface area contributed by atoms with Gasteiger partial charge in [-0.3, -0.25) is 14.9 Å². The number of carbonyl (C=O) groups is 1. The molecule has 8 heteroatoms. The number of thiophene rings is 1. The lowest BCUT2D eigenvalue weighted by Crippen LogP contribution is -2.16. The van der Waals surface area contributed by atoms with Crippen LogP contribution in [0.15, 0.2) is 48.0 Å². The fraction of sp³-hybridized carbons (Fsp3) is 0.125. The van der Waals surface area contributed by atoms with E-state index in [9.17, 15) is 14.9 Å². The van der Waals surface area contributed by atoms with Crippen molar-refractivity contribution in [2.75, 3.05) is 5.32 Å². The third-order valence-corrected chi connectivity index (χ3v) is 4.37. The summed E-state index contributed by atoms with van der Waals surface area (Å²) in [4.78, 5) is 24.0. The van der Waals surface area contributed by atoms with Gasteiger partial charge in [-0.15, -0.1) is 11.3 Å². The van der Waals surface area contributed by atoms with Gasteiger partial charge >= 0.3 is 0 Å². The molecule has 122 valence electrons. The molecule has 1 amide bonds. The fourth-order valence-electron chi connectivity index (χ4n) is 2.25. The number of anilines is 1. The molecule has 2 heterocycles. The molecule has 1 N–H and O–H groups in total. The maximum atomic E-state index is 12.4. The predicted molar refractivity (Wildman–Crippen MR) is 91.4 cm³/mol. The Labute approximate surface area is 141 Å². The van der Waals surface area contributed by atoms with Crippen LogP contribution in [0.25, 0.3) is 0 Å². The van der Waals surface area contributed by atoms with Crippen molar-refractivity contribution in [3.63, 3.8) is 0 Å². The van der Waals surface area contributed by atoms with Gasteiger partial charge in [-0.05, 0) is 24.4 Å². The van der Waals surface area contributed by atoms with Crippen LogP contribution in [-0.2, 0) is 6.54 Å². The van der Waals surface area contributed by atoms with E-state index < -0.39 is 10.8 Å². The molecular weight excluding hydrogens is 328 g/mol. The van der Waals surface area contributed by atoms with E-state index in [0.29, 0.717) is 17.9 Å². The first-order valence-electron chi connectivity index (χ1n) is 7.15. The first-order valence-corrected chi connectivity index (χ1v) is 8.03. The van der Waals surface area contributed by atoms with Gasteiger partial charge in [0.1, 0.15) is 5.82 Å². The lowest BCUT2D eigenvalue weighted by molar-refractivity contribution is -0.385. The van der Waals surface area contributed by atoms with Crippen molar-refractivity contribution < 1.29 is 9.72 Å². The van der Waals surface area contributed by atoms with Crippen molar-refractivity contribution in [2.24, 2.45) is 0 Å². The number of aromatic nitrogens is 2. The van der Waals surface area contributed by atoms with Crippen LogP contribution in [0.2, 0.25) is 0 Å². The van der Waals surface area contributed by atoms with E-state index in [1.165, 1.54) is 6.07 Å². The first-order chi connectivity index (χ1) is 11.5. The molecule has 0 saturated carbocycles. The average Bonchev–Trinajstić information content (AvgIpc) is 3.20. The van der Waals surface area contributed by atoms with E-state index in [2.05, 4.69) is 10.4 Å². The highest BCUT2D eigenvalue weighted by Gasteiger charge is 2.16. The molecule has 0 aliphatic rings. The highest BCUT2D eigenvalue weighted by Crippen LogP contribution is 2.20. The number of hydrogen-bond acceptors (Lipinski definition) is 5. The Kier molecular flexibility index (Phi) is 4.39. The van der Waals surface area contributed by atoms with Crippen molar-refractivity contribution in [3.05, 3.63) is 74.1 Å². The van der Waals surface area contributed by atoms with Crippen LogP contribution in [0.5, 0.6) is 0 Å². The van der Waals surface area contributed by atoms with Crippen molar-refractivity contribution in [3.8, 4) is 0 Å². The van der Waals surface area contributed by atoms with E-state index >= 15 is 0 Å². The van der Waals surface area contributed by atoms with Crippen molar-refractivity contribution >= 4 is 28.7 Å². The number of nitro benzene ring substituents is 1. The molecule has 0 aliphatic heterocycles. The lowest BCUT2D eigenvalue weighted by atomic mass is 10.1. The molecule has 24 heavy (non-hydrogen) atoms. The Hall–Kier alpha value is -3.00. The standard InChI is InChI=1S/C16H14N4O3S/c1-11-4-5-12(9-14(11)20(22)23)16(21)18-15-6-7-17-19(15)10-13-3-2-8-24-13/h2-9H,10H2,1H3,(H,18,21). The Morgan fingerprint density at radius 2 is 2.21 bits per heavy atom. The second-order valence-electron chi connectivity index (χ2n) is 5.17. The predicted octanol–water partition coefficient (Wildman–Crippen LogP) is 3.46. The zero-order valence-corrected chi connectivity index (χ0v) is 13.6. The monoisotopic (exact) mass is 342 g/mol.